The molecule has 2 aromatic rings. The summed E-state index contributed by atoms with van der Waals surface area (Å²) in [5.74, 6) is 0.403. The Morgan fingerprint density at radius 1 is 1.39 bits per heavy atom. The summed E-state index contributed by atoms with van der Waals surface area (Å²) in [5.41, 5.74) is 8.75. The molecule has 0 aliphatic carbocycles. The van der Waals surface area contributed by atoms with Gasteiger partial charge in [-0.15, -0.1) is 0 Å². The number of rotatable bonds is 3. The van der Waals surface area contributed by atoms with E-state index >= 15 is 0 Å². The number of nitrogens with zero attached hydrogens (tertiary/aromatic N) is 2. The van der Waals surface area contributed by atoms with Gasteiger partial charge in [-0.3, -0.25) is 4.68 Å². The number of hydrogen-bond acceptors (Lipinski definition) is 2. The molecule has 0 saturated heterocycles. The smallest absolute Gasteiger partial charge is 0.135 e. The first-order valence-corrected chi connectivity index (χ1v) is 6.13. The lowest BCUT2D eigenvalue weighted by atomic mass is 10.0. The van der Waals surface area contributed by atoms with Crippen molar-refractivity contribution in [2.24, 2.45) is 7.05 Å². The highest BCUT2D eigenvalue weighted by Crippen LogP contribution is 2.30. The Morgan fingerprint density at radius 3 is 2.78 bits per heavy atom. The monoisotopic (exact) mass is 247 g/mol. The Labute approximate surface area is 106 Å². The van der Waals surface area contributed by atoms with Gasteiger partial charge < -0.3 is 5.73 Å². The van der Waals surface area contributed by atoms with Crippen LogP contribution in [0.25, 0.3) is 11.3 Å². The lowest BCUT2D eigenvalue weighted by Gasteiger charge is -2.05. The van der Waals surface area contributed by atoms with Crippen molar-refractivity contribution in [3.05, 3.63) is 35.1 Å². The van der Waals surface area contributed by atoms with Gasteiger partial charge >= 0.3 is 0 Å². The van der Waals surface area contributed by atoms with Crippen LogP contribution in [-0.4, -0.2) is 9.78 Å². The maximum absolute atomic E-state index is 14.2. The van der Waals surface area contributed by atoms with Crippen LogP contribution in [-0.2, 0) is 13.5 Å². The molecule has 18 heavy (non-hydrogen) atoms. The number of halogens is 1. The summed E-state index contributed by atoms with van der Waals surface area (Å²) in [6.45, 7) is 3.83. The summed E-state index contributed by atoms with van der Waals surface area (Å²) in [6, 6.07) is 5.35. The van der Waals surface area contributed by atoms with Gasteiger partial charge in [-0.25, -0.2) is 4.39 Å². The van der Waals surface area contributed by atoms with Crippen molar-refractivity contribution < 1.29 is 4.39 Å². The highest BCUT2D eigenvalue weighted by molar-refractivity contribution is 5.69. The van der Waals surface area contributed by atoms with Gasteiger partial charge in [0.2, 0.25) is 0 Å². The fraction of sp³-hybridized carbons (Fsp3) is 0.357. The number of nitrogens with two attached hydrogens (primary N) is 1. The fourth-order valence-corrected chi connectivity index (χ4v) is 2.12. The Kier molecular flexibility index (Phi) is 3.36. The molecule has 1 aromatic carbocycles. The molecule has 96 valence electrons. The third-order valence-corrected chi connectivity index (χ3v) is 3.14. The Morgan fingerprint density at radius 2 is 2.11 bits per heavy atom. The minimum absolute atomic E-state index is 0.215. The second kappa shape index (κ2) is 4.80. The topological polar surface area (TPSA) is 43.8 Å². The van der Waals surface area contributed by atoms with E-state index in [4.69, 9.17) is 5.73 Å². The van der Waals surface area contributed by atoms with Crippen LogP contribution in [0.5, 0.6) is 0 Å². The van der Waals surface area contributed by atoms with Crippen LogP contribution in [0.1, 0.15) is 24.5 Å². The summed E-state index contributed by atoms with van der Waals surface area (Å²) in [4.78, 5) is 0. The van der Waals surface area contributed by atoms with E-state index in [2.05, 4.69) is 12.0 Å². The van der Waals surface area contributed by atoms with E-state index in [1.807, 2.05) is 6.07 Å². The largest absolute Gasteiger partial charge is 0.384 e. The minimum atomic E-state index is -0.215. The molecule has 0 bridgehead atoms. The Balaban J connectivity index is 2.63. The van der Waals surface area contributed by atoms with Gasteiger partial charge in [0.1, 0.15) is 17.3 Å². The lowest BCUT2D eigenvalue weighted by molar-refractivity contribution is 0.620. The molecule has 0 aliphatic heterocycles. The van der Waals surface area contributed by atoms with Gasteiger partial charge in [-0.2, -0.15) is 5.10 Å². The van der Waals surface area contributed by atoms with Crippen LogP contribution in [0.2, 0.25) is 0 Å². The zero-order valence-corrected chi connectivity index (χ0v) is 11.0. The van der Waals surface area contributed by atoms with E-state index < -0.39 is 0 Å². The molecule has 1 heterocycles. The fourth-order valence-electron chi connectivity index (χ4n) is 2.12. The van der Waals surface area contributed by atoms with Gasteiger partial charge in [0, 0.05) is 18.2 Å². The molecule has 0 saturated carbocycles. The molecule has 2 N–H and O–H groups in total. The van der Waals surface area contributed by atoms with E-state index in [-0.39, 0.29) is 5.82 Å². The summed E-state index contributed by atoms with van der Waals surface area (Å²) >= 11 is 0. The molecular weight excluding hydrogens is 229 g/mol. The van der Waals surface area contributed by atoms with E-state index in [0.717, 1.165) is 18.4 Å². The van der Waals surface area contributed by atoms with Crippen molar-refractivity contribution >= 4 is 5.82 Å². The number of aryl methyl sites for hydroxylation is 2. The maximum atomic E-state index is 14.2. The number of anilines is 1. The van der Waals surface area contributed by atoms with Crippen LogP contribution in [0.15, 0.2) is 18.2 Å². The summed E-state index contributed by atoms with van der Waals surface area (Å²) in [7, 11) is 1.78. The molecule has 0 unspecified atom stereocenters. The molecule has 2 rings (SSSR count). The van der Waals surface area contributed by atoms with Crippen LogP contribution in [0.4, 0.5) is 10.2 Å². The first-order valence-electron chi connectivity index (χ1n) is 6.13. The van der Waals surface area contributed by atoms with Gasteiger partial charge in [-0.1, -0.05) is 25.5 Å². The quantitative estimate of drug-likeness (QED) is 0.905. The molecule has 0 radical (unpaired) electrons. The van der Waals surface area contributed by atoms with Crippen molar-refractivity contribution in [3.8, 4) is 11.3 Å². The van der Waals surface area contributed by atoms with E-state index in [9.17, 15) is 4.39 Å². The van der Waals surface area contributed by atoms with Crippen molar-refractivity contribution in [3.63, 3.8) is 0 Å². The maximum Gasteiger partial charge on any atom is 0.135 e. The van der Waals surface area contributed by atoms with Gasteiger partial charge in [-0.05, 0) is 25.0 Å². The van der Waals surface area contributed by atoms with Crippen molar-refractivity contribution in [1.82, 2.24) is 9.78 Å². The first kappa shape index (κ1) is 12.6. The first-order chi connectivity index (χ1) is 8.56. The van der Waals surface area contributed by atoms with E-state index in [1.54, 1.807) is 30.8 Å². The summed E-state index contributed by atoms with van der Waals surface area (Å²) < 4.78 is 15.8. The van der Waals surface area contributed by atoms with Crippen molar-refractivity contribution in [2.75, 3.05) is 5.73 Å². The van der Waals surface area contributed by atoms with Crippen LogP contribution in [0.3, 0.4) is 0 Å². The lowest BCUT2D eigenvalue weighted by Crippen LogP contribution is -1.99. The molecule has 0 spiro atoms. The SMILES string of the molecule is CCCc1c(-c2cccc(C)c2F)nn(C)c1N. The molecule has 1 aromatic heterocycles. The molecule has 0 amide bonds. The minimum Gasteiger partial charge on any atom is -0.384 e. The van der Waals surface area contributed by atoms with Crippen molar-refractivity contribution in [2.45, 2.75) is 26.7 Å². The number of aromatic nitrogens is 2. The number of nitrogen functional groups attached to an aromatic ring is 1. The van der Waals surface area contributed by atoms with Crippen LogP contribution < -0.4 is 5.73 Å². The van der Waals surface area contributed by atoms with Crippen molar-refractivity contribution in [1.29, 1.82) is 0 Å². The normalized spacial score (nSPS) is 10.9. The Bertz CT molecular complexity index is 573. The third kappa shape index (κ3) is 1.98. The second-order valence-corrected chi connectivity index (χ2v) is 4.52. The predicted molar refractivity (Wildman–Crippen MR) is 71.7 cm³/mol. The highest BCUT2D eigenvalue weighted by atomic mass is 19.1. The highest BCUT2D eigenvalue weighted by Gasteiger charge is 2.18. The number of benzene rings is 1. The summed E-state index contributed by atoms with van der Waals surface area (Å²) in [5, 5.41) is 4.35. The zero-order valence-electron chi connectivity index (χ0n) is 11.0. The second-order valence-electron chi connectivity index (χ2n) is 4.52. The molecule has 4 heteroatoms. The van der Waals surface area contributed by atoms with Gasteiger partial charge in [0.25, 0.3) is 0 Å². The zero-order chi connectivity index (χ0) is 13.3. The molecule has 0 fully saturated rings. The standard InChI is InChI=1S/C14H18FN3/c1-4-6-11-13(17-18(3)14(11)16)10-8-5-7-9(2)12(10)15/h5,7-8H,4,6,16H2,1-3H3. The molecule has 3 nitrogen and oxygen atoms in total. The third-order valence-electron chi connectivity index (χ3n) is 3.14. The van der Waals surface area contributed by atoms with Crippen LogP contribution in [0, 0.1) is 12.7 Å². The van der Waals surface area contributed by atoms with Gasteiger partial charge in [0.05, 0.1) is 0 Å². The summed E-state index contributed by atoms with van der Waals surface area (Å²) in [6.07, 6.45) is 1.76. The Hall–Kier alpha value is -1.84. The predicted octanol–water partition coefficient (Wildman–Crippen LogP) is 3.07. The van der Waals surface area contributed by atoms with E-state index in [1.165, 1.54) is 0 Å². The average Bonchev–Trinajstić information content (AvgIpc) is 2.61. The van der Waals surface area contributed by atoms with Crippen LogP contribution >= 0.6 is 0 Å². The number of hydrogen-bond donors (Lipinski definition) is 1. The molecule has 0 atom stereocenters. The average molecular weight is 247 g/mol. The van der Waals surface area contributed by atoms with E-state index in [0.29, 0.717) is 22.6 Å². The molecular formula is C14H18FN3. The van der Waals surface area contributed by atoms with Gasteiger partial charge in [0.15, 0.2) is 0 Å². The molecule has 0 aliphatic rings.